The van der Waals surface area contributed by atoms with E-state index in [1.165, 1.54) is 10.7 Å². The fraction of sp³-hybridized carbons (Fsp3) is 0.682. The van der Waals surface area contributed by atoms with Crippen molar-refractivity contribution in [2.24, 2.45) is 18.9 Å². The van der Waals surface area contributed by atoms with E-state index in [0.29, 0.717) is 17.0 Å². The maximum absolute atomic E-state index is 12.6. The molecule has 0 saturated carbocycles. The van der Waals surface area contributed by atoms with Crippen molar-refractivity contribution in [2.45, 2.75) is 56.7 Å². The quantitative estimate of drug-likeness (QED) is 0.341. The number of hydrogen-bond acceptors (Lipinski definition) is 6. The molecule has 0 radical (unpaired) electrons. The SMILES string of the molecule is C[C@@H](O)[C@H]1C(=O)N2C(C(=O)Cl)=C(S[C@@H]3CN[C@H](CCN4CCn5c4cc[n+]5C)C3)[C@H](C)[C@H]12. The molecule has 10 heteroatoms. The lowest BCUT2D eigenvalue weighted by Crippen LogP contribution is -2.63. The number of nitrogens with zero attached hydrogens (tertiary/aromatic N) is 4. The summed E-state index contributed by atoms with van der Waals surface area (Å²) in [6.45, 7) is 7.65. The molecule has 2 N–H and O–H groups in total. The van der Waals surface area contributed by atoms with Gasteiger partial charge in [0, 0.05) is 41.7 Å². The number of aliphatic hydroxyl groups is 1. The number of fused-ring (bicyclic) bond motifs is 2. The van der Waals surface area contributed by atoms with Gasteiger partial charge in [-0.15, -0.1) is 21.1 Å². The number of thioether (sulfide) groups is 1. The van der Waals surface area contributed by atoms with Crippen molar-refractivity contribution >= 4 is 40.3 Å². The van der Waals surface area contributed by atoms with Crippen molar-refractivity contribution in [3.05, 3.63) is 22.9 Å². The van der Waals surface area contributed by atoms with E-state index >= 15 is 0 Å². The molecule has 32 heavy (non-hydrogen) atoms. The van der Waals surface area contributed by atoms with Crippen molar-refractivity contribution in [2.75, 3.05) is 24.5 Å². The molecule has 174 valence electrons. The van der Waals surface area contributed by atoms with E-state index in [0.717, 1.165) is 43.9 Å². The Balaban J connectivity index is 1.21. The first-order valence-electron chi connectivity index (χ1n) is 11.4. The molecule has 1 amide bonds. The van der Waals surface area contributed by atoms with Crippen molar-refractivity contribution in [3.63, 3.8) is 0 Å². The van der Waals surface area contributed by atoms with E-state index in [-0.39, 0.29) is 17.9 Å². The molecule has 5 rings (SSSR count). The van der Waals surface area contributed by atoms with Crippen LogP contribution >= 0.6 is 23.4 Å². The molecular formula is C22H31ClN5O3S+. The first-order chi connectivity index (χ1) is 15.3. The Morgan fingerprint density at radius 1 is 1.44 bits per heavy atom. The number of carbonyl (C=O) groups is 2. The van der Waals surface area contributed by atoms with Gasteiger partial charge in [0.25, 0.3) is 5.24 Å². The van der Waals surface area contributed by atoms with Gasteiger partial charge in [0.1, 0.15) is 5.70 Å². The fourth-order valence-corrected chi connectivity index (χ4v) is 7.62. The summed E-state index contributed by atoms with van der Waals surface area (Å²) in [7, 11) is 2.08. The molecule has 2 fully saturated rings. The Hall–Kier alpha value is -1.55. The summed E-state index contributed by atoms with van der Waals surface area (Å²) in [5.41, 5.74) is 0.338. The molecule has 0 unspecified atom stereocenters. The third kappa shape index (κ3) is 3.48. The second-order valence-electron chi connectivity index (χ2n) is 9.47. The Labute approximate surface area is 197 Å². The van der Waals surface area contributed by atoms with Crippen molar-refractivity contribution < 1.29 is 19.4 Å². The fourth-order valence-electron chi connectivity index (χ4n) is 5.84. The van der Waals surface area contributed by atoms with Crippen molar-refractivity contribution in [1.82, 2.24) is 14.9 Å². The van der Waals surface area contributed by atoms with Gasteiger partial charge in [0.2, 0.25) is 5.91 Å². The number of β-lactam (4-membered cyclic amide) rings is 1. The van der Waals surface area contributed by atoms with Gasteiger partial charge in [-0.3, -0.25) is 9.59 Å². The van der Waals surface area contributed by atoms with Crippen LogP contribution in [0.15, 0.2) is 22.9 Å². The Bertz CT molecular complexity index is 979. The third-order valence-electron chi connectivity index (χ3n) is 7.51. The van der Waals surface area contributed by atoms with Crippen molar-refractivity contribution in [1.29, 1.82) is 0 Å². The first kappa shape index (κ1) is 22.3. The molecule has 4 aliphatic rings. The maximum atomic E-state index is 12.6. The Morgan fingerprint density at radius 3 is 2.94 bits per heavy atom. The lowest BCUT2D eigenvalue weighted by Gasteiger charge is -2.46. The van der Waals surface area contributed by atoms with Gasteiger partial charge in [0.15, 0.2) is 19.1 Å². The minimum Gasteiger partial charge on any atom is -0.393 e. The molecule has 0 spiro atoms. The van der Waals surface area contributed by atoms with Crippen LogP contribution in [0.4, 0.5) is 5.82 Å². The summed E-state index contributed by atoms with van der Waals surface area (Å²) in [6.07, 6.45) is 3.46. The zero-order valence-electron chi connectivity index (χ0n) is 18.7. The highest BCUT2D eigenvalue weighted by Gasteiger charge is 2.59. The molecule has 1 aromatic rings. The van der Waals surface area contributed by atoms with Gasteiger partial charge in [-0.1, -0.05) is 6.92 Å². The number of amides is 1. The van der Waals surface area contributed by atoms with Gasteiger partial charge < -0.3 is 20.2 Å². The number of aromatic nitrogens is 2. The summed E-state index contributed by atoms with van der Waals surface area (Å²) >= 11 is 7.61. The lowest BCUT2D eigenvalue weighted by molar-refractivity contribution is -0.751. The highest BCUT2D eigenvalue weighted by molar-refractivity contribution is 8.03. The monoisotopic (exact) mass is 480 g/mol. The van der Waals surface area contributed by atoms with E-state index in [1.54, 1.807) is 18.7 Å². The van der Waals surface area contributed by atoms with Crippen molar-refractivity contribution in [3.8, 4) is 0 Å². The highest BCUT2D eigenvalue weighted by atomic mass is 35.5. The van der Waals surface area contributed by atoms with Crippen LogP contribution in [0.2, 0.25) is 0 Å². The molecule has 8 nitrogen and oxygen atoms in total. The number of aliphatic hydroxyl groups excluding tert-OH is 1. The van der Waals surface area contributed by atoms with Gasteiger partial charge in [-0.25, -0.2) is 0 Å². The number of rotatable bonds is 7. The van der Waals surface area contributed by atoms with Crippen LogP contribution in [0.5, 0.6) is 0 Å². The van der Waals surface area contributed by atoms with Gasteiger partial charge in [-0.05, 0) is 31.4 Å². The number of anilines is 1. The average molecular weight is 481 g/mol. The molecule has 0 bridgehead atoms. The summed E-state index contributed by atoms with van der Waals surface area (Å²) < 4.78 is 4.43. The first-order valence-corrected chi connectivity index (χ1v) is 12.7. The highest BCUT2D eigenvalue weighted by Crippen LogP contribution is 2.52. The predicted octanol–water partition coefficient (Wildman–Crippen LogP) is 0.821. The standard InChI is InChI=1S/C22H31ClN5O3S/c1-12-18-17(13(2)29)22(31)28(18)19(21(23)30)20(12)32-15-10-14(24-11-15)4-7-26-8-9-27-16(26)5-6-25(27)3/h5-6,12-15,17-18,24,29H,4,7-11H2,1-3H3/q+1/t12-,13-,14-,15+,17-,18-/m1/s1. The molecular weight excluding hydrogens is 450 g/mol. The van der Waals surface area contributed by atoms with E-state index in [2.05, 4.69) is 38.9 Å². The molecule has 0 aromatic carbocycles. The lowest BCUT2D eigenvalue weighted by atomic mass is 9.79. The van der Waals surface area contributed by atoms with Crippen LogP contribution in [-0.2, 0) is 23.2 Å². The normalized spacial score (nSPS) is 32.4. The molecule has 2 saturated heterocycles. The number of aryl methyl sites for hydroxylation is 1. The van der Waals surface area contributed by atoms with Crippen LogP contribution in [0.1, 0.15) is 26.7 Å². The predicted molar refractivity (Wildman–Crippen MR) is 123 cm³/mol. The van der Waals surface area contributed by atoms with E-state index in [9.17, 15) is 14.7 Å². The van der Waals surface area contributed by atoms with Crippen LogP contribution in [0, 0.1) is 11.8 Å². The van der Waals surface area contributed by atoms with Crippen LogP contribution in [-0.4, -0.2) is 68.9 Å². The Morgan fingerprint density at radius 2 is 2.22 bits per heavy atom. The number of carbonyl (C=O) groups excluding carboxylic acids is 2. The second kappa shape index (κ2) is 8.34. The molecule has 0 aliphatic carbocycles. The van der Waals surface area contributed by atoms with E-state index in [4.69, 9.17) is 11.6 Å². The van der Waals surface area contributed by atoms with E-state index in [1.807, 2.05) is 6.92 Å². The van der Waals surface area contributed by atoms with Gasteiger partial charge >= 0.3 is 0 Å². The number of allylic oxidation sites excluding steroid dienone is 1. The summed E-state index contributed by atoms with van der Waals surface area (Å²) in [5, 5.41) is 13.4. The second-order valence-corrected chi connectivity index (χ2v) is 11.2. The van der Waals surface area contributed by atoms with Gasteiger partial charge in [0.05, 0.1) is 30.7 Å². The maximum Gasteiger partial charge on any atom is 0.269 e. The van der Waals surface area contributed by atoms with Crippen LogP contribution < -0.4 is 14.9 Å². The molecule has 5 heterocycles. The Kier molecular flexibility index (Phi) is 5.80. The van der Waals surface area contributed by atoms with Crippen LogP contribution in [0.3, 0.4) is 0 Å². The molecule has 6 atom stereocenters. The summed E-state index contributed by atoms with van der Waals surface area (Å²) in [4.78, 5) is 29.7. The minimum atomic E-state index is -0.728. The largest absolute Gasteiger partial charge is 0.393 e. The number of hydrogen-bond donors (Lipinski definition) is 2. The summed E-state index contributed by atoms with van der Waals surface area (Å²) in [6, 6.07) is 2.44. The summed E-state index contributed by atoms with van der Waals surface area (Å²) in [5.74, 6) is 0.646. The smallest absolute Gasteiger partial charge is 0.269 e. The zero-order chi connectivity index (χ0) is 22.7. The average Bonchev–Trinajstić information content (AvgIpc) is 3.47. The van der Waals surface area contributed by atoms with Gasteiger partial charge in [-0.2, -0.15) is 0 Å². The zero-order valence-corrected chi connectivity index (χ0v) is 20.3. The minimum absolute atomic E-state index is 0.00664. The van der Waals surface area contributed by atoms with E-state index < -0.39 is 17.3 Å². The number of halogens is 1. The topological polar surface area (TPSA) is 81.7 Å². The number of nitrogens with one attached hydrogen (secondary N) is 1. The van der Waals surface area contributed by atoms with Crippen LogP contribution in [0.25, 0.3) is 0 Å². The molecule has 1 aromatic heterocycles. The third-order valence-corrected chi connectivity index (χ3v) is 9.20. The molecule has 4 aliphatic heterocycles.